The SMILES string of the molecule is CNC(=O)[C@H]1CC[C@@H](C(=O)O)N(C(=O)/C=C(\C)CCc2ccccc2)C1. The molecule has 2 atom stereocenters. The van der Waals surface area contributed by atoms with Gasteiger partial charge in [-0.25, -0.2) is 4.79 Å². The van der Waals surface area contributed by atoms with Crippen molar-refractivity contribution in [3.05, 3.63) is 47.5 Å². The molecule has 0 spiro atoms. The van der Waals surface area contributed by atoms with E-state index in [2.05, 4.69) is 5.32 Å². The van der Waals surface area contributed by atoms with Crippen LogP contribution in [0.1, 0.15) is 31.7 Å². The highest BCUT2D eigenvalue weighted by Gasteiger charge is 2.37. The van der Waals surface area contributed by atoms with Gasteiger partial charge in [0.2, 0.25) is 11.8 Å². The van der Waals surface area contributed by atoms with E-state index in [-0.39, 0.29) is 30.7 Å². The van der Waals surface area contributed by atoms with Gasteiger partial charge >= 0.3 is 5.97 Å². The number of likely N-dealkylation sites (tertiary alicyclic amines) is 1. The van der Waals surface area contributed by atoms with Crippen LogP contribution in [0.15, 0.2) is 42.0 Å². The monoisotopic (exact) mass is 358 g/mol. The van der Waals surface area contributed by atoms with Gasteiger partial charge in [-0.3, -0.25) is 9.59 Å². The van der Waals surface area contributed by atoms with E-state index >= 15 is 0 Å². The van der Waals surface area contributed by atoms with Gasteiger partial charge in [-0.2, -0.15) is 0 Å². The van der Waals surface area contributed by atoms with Crippen LogP contribution in [0.4, 0.5) is 0 Å². The van der Waals surface area contributed by atoms with Crippen LogP contribution in [-0.4, -0.2) is 47.4 Å². The predicted octanol–water partition coefficient (Wildman–Crippen LogP) is 2.00. The van der Waals surface area contributed by atoms with Crippen molar-refractivity contribution in [2.75, 3.05) is 13.6 Å². The van der Waals surface area contributed by atoms with Crippen LogP contribution in [0, 0.1) is 5.92 Å². The molecule has 0 unspecified atom stereocenters. The van der Waals surface area contributed by atoms with E-state index in [9.17, 15) is 19.5 Å². The second-order valence-corrected chi connectivity index (χ2v) is 6.71. The number of carboxylic acids is 1. The van der Waals surface area contributed by atoms with Gasteiger partial charge in [0, 0.05) is 19.7 Å². The fourth-order valence-corrected chi connectivity index (χ4v) is 3.24. The maximum Gasteiger partial charge on any atom is 0.326 e. The van der Waals surface area contributed by atoms with Crippen LogP contribution in [0.5, 0.6) is 0 Å². The predicted molar refractivity (Wildman–Crippen MR) is 98.4 cm³/mol. The van der Waals surface area contributed by atoms with Crippen LogP contribution in [0.3, 0.4) is 0 Å². The molecule has 1 aliphatic heterocycles. The van der Waals surface area contributed by atoms with E-state index in [1.54, 1.807) is 7.05 Å². The highest BCUT2D eigenvalue weighted by atomic mass is 16.4. The molecular weight excluding hydrogens is 332 g/mol. The van der Waals surface area contributed by atoms with Crippen LogP contribution in [0.2, 0.25) is 0 Å². The summed E-state index contributed by atoms with van der Waals surface area (Å²) in [6, 6.07) is 9.11. The molecule has 0 radical (unpaired) electrons. The number of benzene rings is 1. The van der Waals surface area contributed by atoms with Crippen molar-refractivity contribution in [2.24, 2.45) is 5.92 Å². The van der Waals surface area contributed by atoms with Crippen LogP contribution in [0.25, 0.3) is 0 Å². The molecule has 26 heavy (non-hydrogen) atoms. The molecule has 6 nitrogen and oxygen atoms in total. The van der Waals surface area contributed by atoms with Gasteiger partial charge in [0.15, 0.2) is 0 Å². The number of nitrogens with one attached hydrogen (secondary N) is 1. The first-order valence-electron chi connectivity index (χ1n) is 8.88. The molecule has 1 fully saturated rings. The molecule has 0 aliphatic carbocycles. The molecule has 0 aromatic heterocycles. The lowest BCUT2D eigenvalue weighted by Crippen LogP contribution is -2.52. The second kappa shape index (κ2) is 9.17. The molecule has 6 heteroatoms. The van der Waals surface area contributed by atoms with Crippen molar-refractivity contribution in [3.63, 3.8) is 0 Å². The molecule has 2 N–H and O–H groups in total. The standard InChI is InChI=1S/C20H26N2O4/c1-14(8-9-15-6-4-3-5-7-15)12-18(23)22-13-16(19(24)21-2)10-11-17(22)20(25)26/h3-7,12,16-17H,8-11,13H2,1-2H3,(H,21,24)(H,25,26)/b14-12+/t16-,17-/m0/s1. The average molecular weight is 358 g/mol. The van der Waals surface area contributed by atoms with E-state index in [1.807, 2.05) is 37.3 Å². The Labute approximate surface area is 153 Å². The Bertz CT molecular complexity index is 684. The summed E-state index contributed by atoms with van der Waals surface area (Å²) in [6.45, 7) is 2.01. The number of allylic oxidation sites excluding steroid dienone is 1. The molecule has 1 aliphatic rings. The molecule has 1 aromatic carbocycles. The summed E-state index contributed by atoms with van der Waals surface area (Å²) >= 11 is 0. The lowest BCUT2D eigenvalue weighted by molar-refractivity contribution is -0.152. The van der Waals surface area contributed by atoms with Crippen molar-refractivity contribution in [3.8, 4) is 0 Å². The van der Waals surface area contributed by atoms with E-state index < -0.39 is 12.0 Å². The minimum atomic E-state index is -1.02. The lowest BCUT2D eigenvalue weighted by Gasteiger charge is -2.36. The molecule has 2 amide bonds. The molecule has 1 heterocycles. The number of rotatable bonds is 6. The molecular formula is C20H26N2O4. The minimum absolute atomic E-state index is 0.137. The molecule has 1 saturated heterocycles. The summed E-state index contributed by atoms with van der Waals surface area (Å²) in [4.78, 5) is 37.3. The molecule has 2 rings (SSSR count). The summed E-state index contributed by atoms with van der Waals surface area (Å²) in [5.74, 6) is -1.88. The zero-order valence-corrected chi connectivity index (χ0v) is 15.3. The number of hydrogen-bond acceptors (Lipinski definition) is 3. The number of nitrogens with zero attached hydrogens (tertiary/aromatic N) is 1. The average Bonchev–Trinajstić information content (AvgIpc) is 2.65. The van der Waals surface area contributed by atoms with Crippen LogP contribution in [-0.2, 0) is 20.8 Å². The second-order valence-electron chi connectivity index (χ2n) is 6.71. The first-order chi connectivity index (χ1) is 12.4. The van der Waals surface area contributed by atoms with E-state index in [0.29, 0.717) is 6.42 Å². The van der Waals surface area contributed by atoms with Crippen LogP contribution < -0.4 is 5.32 Å². The molecule has 1 aromatic rings. The number of amides is 2. The number of aliphatic carboxylic acids is 1. The van der Waals surface area contributed by atoms with Crippen LogP contribution >= 0.6 is 0 Å². The van der Waals surface area contributed by atoms with Crippen molar-refractivity contribution >= 4 is 17.8 Å². The zero-order valence-electron chi connectivity index (χ0n) is 15.3. The van der Waals surface area contributed by atoms with Crippen molar-refractivity contribution < 1.29 is 19.5 Å². The summed E-state index contributed by atoms with van der Waals surface area (Å²) in [7, 11) is 1.55. The van der Waals surface area contributed by atoms with Gasteiger partial charge in [-0.05, 0) is 38.2 Å². The Balaban J connectivity index is 2.04. The summed E-state index contributed by atoms with van der Waals surface area (Å²) < 4.78 is 0. The summed E-state index contributed by atoms with van der Waals surface area (Å²) in [6.07, 6.45) is 3.80. The number of carbonyl (C=O) groups excluding carboxylic acids is 2. The Morgan fingerprint density at radius 1 is 1.23 bits per heavy atom. The maximum absolute atomic E-state index is 12.6. The lowest BCUT2D eigenvalue weighted by atomic mass is 9.91. The number of carbonyl (C=O) groups is 3. The zero-order chi connectivity index (χ0) is 19.1. The molecule has 140 valence electrons. The number of carboxylic acid groups (broad SMARTS) is 1. The Hall–Kier alpha value is -2.63. The number of aryl methyl sites for hydroxylation is 1. The fourth-order valence-electron chi connectivity index (χ4n) is 3.24. The maximum atomic E-state index is 12.6. The third-order valence-corrected chi connectivity index (χ3v) is 4.79. The Morgan fingerprint density at radius 3 is 2.54 bits per heavy atom. The van der Waals surface area contributed by atoms with Gasteiger partial charge in [-0.15, -0.1) is 0 Å². The van der Waals surface area contributed by atoms with Gasteiger partial charge in [-0.1, -0.05) is 35.9 Å². The number of piperidine rings is 1. The Kier molecular flexibility index (Phi) is 6.95. The fraction of sp³-hybridized carbons (Fsp3) is 0.450. The van der Waals surface area contributed by atoms with Gasteiger partial charge < -0.3 is 15.3 Å². The highest BCUT2D eigenvalue weighted by Crippen LogP contribution is 2.23. The molecule has 0 saturated carbocycles. The van der Waals surface area contributed by atoms with Gasteiger partial charge in [0.1, 0.15) is 6.04 Å². The van der Waals surface area contributed by atoms with Crippen molar-refractivity contribution in [2.45, 2.75) is 38.6 Å². The van der Waals surface area contributed by atoms with Gasteiger partial charge in [0.05, 0.1) is 5.92 Å². The smallest absolute Gasteiger partial charge is 0.326 e. The first-order valence-corrected chi connectivity index (χ1v) is 8.88. The van der Waals surface area contributed by atoms with E-state index in [1.165, 1.54) is 16.5 Å². The minimum Gasteiger partial charge on any atom is -0.480 e. The normalized spacial score (nSPS) is 20.5. The highest BCUT2D eigenvalue weighted by molar-refractivity contribution is 5.92. The summed E-state index contributed by atoms with van der Waals surface area (Å²) in [5, 5.41) is 12.0. The summed E-state index contributed by atoms with van der Waals surface area (Å²) in [5.41, 5.74) is 2.08. The topological polar surface area (TPSA) is 86.7 Å². The Morgan fingerprint density at radius 2 is 1.92 bits per heavy atom. The third-order valence-electron chi connectivity index (χ3n) is 4.79. The van der Waals surface area contributed by atoms with E-state index in [4.69, 9.17) is 0 Å². The first kappa shape index (κ1) is 19.7. The van der Waals surface area contributed by atoms with Crippen molar-refractivity contribution in [1.29, 1.82) is 0 Å². The quantitative estimate of drug-likeness (QED) is 0.762. The molecule has 0 bridgehead atoms. The van der Waals surface area contributed by atoms with Crippen molar-refractivity contribution in [1.82, 2.24) is 10.2 Å². The van der Waals surface area contributed by atoms with Gasteiger partial charge in [0.25, 0.3) is 0 Å². The largest absolute Gasteiger partial charge is 0.480 e. The van der Waals surface area contributed by atoms with E-state index in [0.717, 1.165) is 18.4 Å². The number of hydrogen-bond donors (Lipinski definition) is 2. The third kappa shape index (κ3) is 5.18.